The number of rotatable bonds is 7. The molecule has 0 fully saturated rings. The molecular formula is C17H20N2O3S. The molecule has 1 amide bonds. The predicted molar refractivity (Wildman–Crippen MR) is 89.3 cm³/mol. The molecule has 2 rings (SSSR count). The van der Waals surface area contributed by atoms with Crippen LogP contribution in [-0.2, 0) is 27.8 Å². The number of carbonyl (C=O) groups is 1. The standard InChI is InChI=1S/C17H20N2O3S/c1-14(20)18-12-11-15-7-9-17(10-8-15)23(21,22)19-13-16-5-3-2-4-6-16/h2-10,19H,11-13H2,1H3,(H,18,20). The van der Waals surface area contributed by atoms with E-state index in [-0.39, 0.29) is 17.3 Å². The monoisotopic (exact) mass is 332 g/mol. The van der Waals surface area contributed by atoms with Crippen molar-refractivity contribution in [2.45, 2.75) is 24.8 Å². The van der Waals surface area contributed by atoms with Crippen molar-refractivity contribution in [2.75, 3.05) is 6.54 Å². The Labute approximate surface area is 136 Å². The Balaban J connectivity index is 1.95. The first-order valence-corrected chi connectivity index (χ1v) is 8.83. The van der Waals surface area contributed by atoms with Crippen LogP contribution < -0.4 is 10.0 Å². The van der Waals surface area contributed by atoms with Gasteiger partial charge in [-0.15, -0.1) is 0 Å². The lowest BCUT2D eigenvalue weighted by molar-refractivity contribution is -0.118. The lowest BCUT2D eigenvalue weighted by Crippen LogP contribution is -2.23. The predicted octanol–water partition coefficient (Wildman–Crippen LogP) is 1.84. The second-order valence-electron chi connectivity index (χ2n) is 5.19. The van der Waals surface area contributed by atoms with E-state index in [1.165, 1.54) is 6.92 Å². The highest BCUT2D eigenvalue weighted by Gasteiger charge is 2.13. The molecule has 0 aromatic heterocycles. The molecule has 0 saturated carbocycles. The van der Waals surface area contributed by atoms with Crippen LogP contribution in [0.5, 0.6) is 0 Å². The summed E-state index contributed by atoms with van der Waals surface area (Å²) in [4.78, 5) is 11.0. The van der Waals surface area contributed by atoms with Crippen LogP contribution in [-0.4, -0.2) is 20.9 Å². The minimum atomic E-state index is -3.53. The van der Waals surface area contributed by atoms with Crippen LogP contribution in [0.2, 0.25) is 0 Å². The molecule has 23 heavy (non-hydrogen) atoms. The average Bonchev–Trinajstić information content (AvgIpc) is 2.54. The van der Waals surface area contributed by atoms with Crippen molar-refractivity contribution < 1.29 is 13.2 Å². The maximum absolute atomic E-state index is 12.3. The van der Waals surface area contributed by atoms with Gasteiger partial charge in [-0.2, -0.15) is 0 Å². The number of nitrogens with one attached hydrogen (secondary N) is 2. The number of carbonyl (C=O) groups excluding carboxylic acids is 1. The van der Waals surface area contributed by atoms with E-state index >= 15 is 0 Å². The van der Waals surface area contributed by atoms with Gasteiger partial charge in [0.25, 0.3) is 0 Å². The lowest BCUT2D eigenvalue weighted by atomic mass is 10.1. The molecule has 0 aliphatic rings. The Morgan fingerprint density at radius 3 is 2.22 bits per heavy atom. The maximum Gasteiger partial charge on any atom is 0.240 e. The highest BCUT2D eigenvalue weighted by molar-refractivity contribution is 7.89. The molecule has 0 spiro atoms. The van der Waals surface area contributed by atoms with Crippen LogP contribution in [0.1, 0.15) is 18.1 Å². The minimum Gasteiger partial charge on any atom is -0.356 e. The van der Waals surface area contributed by atoms with Gasteiger partial charge in [-0.3, -0.25) is 4.79 Å². The molecule has 0 bridgehead atoms. The Morgan fingerprint density at radius 1 is 0.957 bits per heavy atom. The fourth-order valence-corrected chi connectivity index (χ4v) is 3.09. The summed E-state index contributed by atoms with van der Waals surface area (Å²) in [6.45, 7) is 2.26. The van der Waals surface area contributed by atoms with E-state index in [9.17, 15) is 13.2 Å². The molecule has 5 nitrogen and oxygen atoms in total. The third kappa shape index (κ3) is 5.50. The summed E-state index contributed by atoms with van der Waals surface area (Å²) in [5, 5.41) is 2.71. The normalized spacial score (nSPS) is 11.2. The molecule has 6 heteroatoms. The summed E-state index contributed by atoms with van der Waals surface area (Å²) < 4.78 is 27.1. The first-order chi connectivity index (χ1) is 11.0. The van der Waals surface area contributed by atoms with Crippen LogP contribution in [0, 0.1) is 0 Å². The van der Waals surface area contributed by atoms with Crippen LogP contribution >= 0.6 is 0 Å². The molecule has 2 aromatic rings. The third-order valence-corrected chi connectivity index (χ3v) is 4.75. The van der Waals surface area contributed by atoms with Gasteiger partial charge in [-0.05, 0) is 29.7 Å². The highest BCUT2D eigenvalue weighted by atomic mass is 32.2. The molecule has 2 aromatic carbocycles. The van der Waals surface area contributed by atoms with Gasteiger partial charge in [0.1, 0.15) is 0 Å². The highest BCUT2D eigenvalue weighted by Crippen LogP contribution is 2.11. The quantitative estimate of drug-likeness (QED) is 0.812. The van der Waals surface area contributed by atoms with Crippen LogP contribution in [0.4, 0.5) is 0 Å². The average molecular weight is 332 g/mol. The van der Waals surface area contributed by atoms with Crippen molar-refractivity contribution in [3.05, 3.63) is 65.7 Å². The minimum absolute atomic E-state index is 0.0747. The van der Waals surface area contributed by atoms with Gasteiger partial charge in [0.15, 0.2) is 0 Å². The van der Waals surface area contributed by atoms with Gasteiger partial charge in [-0.1, -0.05) is 42.5 Å². The Hall–Kier alpha value is -2.18. The van der Waals surface area contributed by atoms with E-state index in [4.69, 9.17) is 0 Å². The maximum atomic E-state index is 12.3. The summed E-state index contributed by atoms with van der Waals surface area (Å²) in [5.74, 6) is -0.0747. The fraction of sp³-hybridized carbons (Fsp3) is 0.235. The molecule has 122 valence electrons. The van der Waals surface area contributed by atoms with Gasteiger partial charge in [0.2, 0.25) is 15.9 Å². The van der Waals surface area contributed by atoms with Crippen LogP contribution in [0.3, 0.4) is 0 Å². The SMILES string of the molecule is CC(=O)NCCc1ccc(S(=O)(=O)NCc2ccccc2)cc1. The first kappa shape index (κ1) is 17.2. The summed E-state index contributed by atoms with van der Waals surface area (Å²) >= 11 is 0. The fourth-order valence-electron chi connectivity index (χ4n) is 2.08. The molecule has 0 radical (unpaired) electrons. The summed E-state index contributed by atoms with van der Waals surface area (Å²) in [7, 11) is -3.53. The summed E-state index contributed by atoms with van der Waals surface area (Å²) in [5.41, 5.74) is 1.88. The van der Waals surface area contributed by atoms with Crippen molar-refractivity contribution in [3.63, 3.8) is 0 Å². The van der Waals surface area contributed by atoms with Crippen LogP contribution in [0.25, 0.3) is 0 Å². The van der Waals surface area contributed by atoms with Crippen molar-refractivity contribution in [2.24, 2.45) is 0 Å². The Bertz CT molecular complexity index is 741. The molecule has 0 unspecified atom stereocenters. The van der Waals surface area contributed by atoms with Gasteiger partial charge in [-0.25, -0.2) is 13.1 Å². The molecule has 0 aliphatic carbocycles. The van der Waals surface area contributed by atoms with Gasteiger partial charge in [0, 0.05) is 20.0 Å². The van der Waals surface area contributed by atoms with E-state index in [0.717, 1.165) is 11.1 Å². The molecule has 0 aliphatic heterocycles. The molecular weight excluding hydrogens is 312 g/mol. The van der Waals surface area contributed by atoms with Gasteiger partial charge >= 0.3 is 0 Å². The van der Waals surface area contributed by atoms with Gasteiger partial charge in [0.05, 0.1) is 4.90 Å². The van der Waals surface area contributed by atoms with Gasteiger partial charge < -0.3 is 5.32 Å². The zero-order valence-corrected chi connectivity index (χ0v) is 13.8. The van der Waals surface area contributed by atoms with Crippen molar-refractivity contribution in [1.82, 2.24) is 10.0 Å². The van der Waals surface area contributed by atoms with E-state index < -0.39 is 10.0 Å². The van der Waals surface area contributed by atoms with Crippen molar-refractivity contribution in [3.8, 4) is 0 Å². The molecule has 2 N–H and O–H groups in total. The number of hydrogen-bond donors (Lipinski definition) is 2. The Kier molecular flexibility index (Phi) is 5.90. The van der Waals surface area contributed by atoms with E-state index in [2.05, 4.69) is 10.0 Å². The van der Waals surface area contributed by atoms with E-state index in [1.54, 1.807) is 24.3 Å². The smallest absolute Gasteiger partial charge is 0.240 e. The second kappa shape index (κ2) is 7.89. The summed E-state index contributed by atoms with van der Waals surface area (Å²) in [6, 6.07) is 16.0. The largest absolute Gasteiger partial charge is 0.356 e. The molecule has 0 saturated heterocycles. The van der Waals surface area contributed by atoms with E-state index in [1.807, 2.05) is 30.3 Å². The zero-order valence-electron chi connectivity index (χ0n) is 13.0. The zero-order chi connectivity index (χ0) is 16.7. The number of hydrogen-bond acceptors (Lipinski definition) is 3. The first-order valence-electron chi connectivity index (χ1n) is 7.34. The number of benzene rings is 2. The summed E-state index contributed by atoms with van der Waals surface area (Å²) in [6.07, 6.45) is 0.664. The second-order valence-corrected chi connectivity index (χ2v) is 6.95. The Morgan fingerprint density at radius 2 is 1.61 bits per heavy atom. The van der Waals surface area contributed by atoms with Crippen molar-refractivity contribution in [1.29, 1.82) is 0 Å². The number of sulfonamides is 1. The third-order valence-electron chi connectivity index (χ3n) is 3.33. The van der Waals surface area contributed by atoms with E-state index in [0.29, 0.717) is 13.0 Å². The molecule has 0 heterocycles. The lowest BCUT2D eigenvalue weighted by Gasteiger charge is -2.08. The van der Waals surface area contributed by atoms with Crippen LogP contribution in [0.15, 0.2) is 59.5 Å². The van der Waals surface area contributed by atoms with Crippen molar-refractivity contribution >= 4 is 15.9 Å². The molecule has 0 atom stereocenters. The number of amides is 1. The topological polar surface area (TPSA) is 75.3 Å².